The highest BCUT2D eigenvalue weighted by molar-refractivity contribution is 9.11. The lowest BCUT2D eigenvalue weighted by atomic mass is 10.2. The summed E-state index contributed by atoms with van der Waals surface area (Å²) in [5, 5.41) is 6.75. The Morgan fingerprint density at radius 1 is 0.935 bits per heavy atom. The van der Waals surface area contributed by atoms with Gasteiger partial charge in [0.25, 0.3) is 11.8 Å². The fraction of sp³-hybridized carbons (Fsp3) is 0.0455. The number of nitrogens with one attached hydrogen (secondary N) is 2. The van der Waals surface area contributed by atoms with E-state index in [1.165, 1.54) is 6.21 Å². The number of benzene rings is 3. The van der Waals surface area contributed by atoms with Gasteiger partial charge in [0.15, 0.2) is 6.61 Å². The van der Waals surface area contributed by atoms with Crippen molar-refractivity contribution in [1.82, 2.24) is 5.43 Å². The Bertz CT molecular complexity index is 1080. The minimum Gasteiger partial charge on any atom is -0.481 e. The number of hydrazone groups is 1. The molecule has 3 rings (SSSR count). The first-order valence-electron chi connectivity index (χ1n) is 8.98. The van der Waals surface area contributed by atoms with E-state index in [4.69, 9.17) is 4.74 Å². The second kappa shape index (κ2) is 11.2. The Kier molecular flexibility index (Phi) is 8.39. The summed E-state index contributed by atoms with van der Waals surface area (Å²) in [5.41, 5.74) is 4.40. The summed E-state index contributed by atoms with van der Waals surface area (Å²) in [7, 11) is 0. The molecule has 0 aromatic heterocycles. The zero-order valence-electron chi connectivity index (χ0n) is 15.9. The lowest BCUT2D eigenvalue weighted by Gasteiger charge is -2.11. The molecule has 3 aromatic rings. The lowest BCUT2D eigenvalue weighted by Crippen LogP contribution is -2.20. The number of para-hydroxylation sites is 1. The van der Waals surface area contributed by atoms with Crippen LogP contribution in [0.25, 0.3) is 0 Å². The molecule has 31 heavy (non-hydrogen) atoms. The number of hydrogen-bond acceptors (Lipinski definition) is 4. The molecule has 3 aromatic carbocycles. The van der Waals surface area contributed by atoms with Crippen LogP contribution in [0.2, 0.25) is 0 Å². The average Bonchev–Trinajstić information content (AvgIpc) is 2.74. The van der Waals surface area contributed by atoms with E-state index in [0.29, 0.717) is 25.9 Å². The molecule has 0 bridgehead atoms. The summed E-state index contributed by atoms with van der Waals surface area (Å²) in [6.45, 7) is -0.150. The quantitative estimate of drug-likeness (QED) is 0.264. The highest BCUT2D eigenvalue weighted by Crippen LogP contribution is 2.34. The van der Waals surface area contributed by atoms with Gasteiger partial charge in [-0.05, 0) is 86.0 Å². The molecule has 0 spiro atoms. The standard InChI is InChI=1S/C22H16Br3N3O3/c23-16-8-6-15(7-9-16)22(30)28-26-12-14-10-18(24)21(19(25)11-14)31-13-20(29)27-17-4-2-1-3-5-17/h1-12H,13H2,(H,27,29)(H,28,30)/b26-12+. The number of hydrogen-bond donors (Lipinski definition) is 2. The summed E-state index contributed by atoms with van der Waals surface area (Å²) >= 11 is 10.2. The molecule has 0 heterocycles. The van der Waals surface area contributed by atoms with Crippen LogP contribution >= 0.6 is 47.8 Å². The van der Waals surface area contributed by atoms with Crippen molar-refractivity contribution < 1.29 is 14.3 Å². The van der Waals surface area contributed by atoms with Crippen LogP contribution in [-0.2, 0) is 4.79 Å². The Balaban J connectivity index is 1.58. The van der Waals surface area contributed by atoms with E-state index >= 15 is 0 Å². The van der Waals surface area contributed by atoms with Crippen molar-refractivity contribution in [2.24, 2.45) is 5.10 Å². The molecule has 0 aliphatic rings. The van der Waals surface area contributed by atoms with Crippen molar-refractivity contribution in [3.05, 3.63) is 91.3 Å². The maximum Gasteiger partial charge on any atom is 0.271 e. The van der Waals surface area contributed by atoms with Crippen molar-refractivity contribution in [3.8, 4) is 5.75 Å². The minimum absolute atomic E-state index is 0.150. The van der Waals surface area contributed by atoms with E-state index in [0.717, 1.165) is 10.0 Å². The summed E-state index contributed by atoms with van der Waals surface area (Å²) in [6, 6.07) is 19.6. The highest BCUT2D eigenvalue weighted by atomic mass is 79.9. The number of halogens is 3. The molecule has 2 N–H and O–H groups in total. The van der Waals surface area contributed by atoms with Crippen LogP contribution in [-0.4, -0.2) is 24.6 Å². The van der Waals surface area contributed by atoms with Crippen LogP contribution in [0.5, 0.6) is 5.75 Å². The topological polar surface area (TPSA) is 79.8 Å². The monoisotopic (exact) mass is 607 g/mol. The first-order chi connectivity index (χ1) is 14.9. The predicted octanol–water partition coefficient (Wildman–Crippen LogP) is 5.76. The fourth-order valence-electron chi connectivity index (χ4n) is 2.48. The Labute approximate surface area is 204 Å². The van der Waals surface area contributed by atoms with E-state index in [9.17, 15) is 9.59 Å². The van der Waals surface area contributed by atoms with Crippen molar-refractivity contribution in [2.45, 2.75) is 0 Å². The van der Waals surface area contributed by atoms with Crippen molar-refractivity contribution in [1.29, 1.82) is 0 Å². The fourth-order valence-corrected chi connectivity index (χ4v) is 4.19. The molecule has 0 fully saturated rings. The molecule has 158 valence electrons. The van der Waals surface area contributed by atoms with Gasteiger partial charge in [0.1, 0.15) is 5.75 Å². The number of amides is 2. The maximum atomic E-state index is 12.1. The first kappa shape index (κ1) is 23.2. The average molecular weight is 610 g/mol. The molecule has 0 saturated heterocycles. The second-order valence-electron chi connectivity index (χ2n) is 6.22. The third-order valence-electron chi connectivity index (χ3n) is 3.91. The summed E-state index contributed by atoms with van der Waals surface area (Å²) in [4.78, 5) is 24.2. The summed E-state index contributed by atoms with van der Waals surface area (Å²) < 4.78 is 7.80. The zero-order valence-corrected chi connectivity index (χ0v) is 20.7. The van der Waals surface area contributed by atoms with Crippen LogP contribution in [0.4, 0.5) is 5.69 Å². The molecule has 0 aliphatic carbocycles. The van der Waals surface area contributed by atoms with E-state index in [2.05, 4.69) is 63.6 Å². The third-order valence-corrected chi connectivity index (χ3v) is 5.62. The van der Waals surface area contributed by atoms with Gasteiger partial charge in [-0.2, -0.15) is 5.10 Å². The first-order valence-corrected chi connectivity index (χ1v) is 11.4. The third kappa shape index (κ3) is 7.02. The van der Waals surface area contributed by atoms with Gasteiger partial charge in [-0.15, -0.1) is 0 Å². The predicted molar refractivity (Wildman–Crippen MR) is 132 cm³/mol. The minimum atomic E-state index is -0.314. The van der Waals surface area contributed by atoms with Gasteiger partial charge in [0, 0.05) is 15.7 Å². The molecular weight excluding hydrogens is 594 g/mol. The number of rotatable bonds is 7. The molecule has 0 aliphatic heterocycles. The normalized spacial score (nSPS) is 10.7. The SMILES string of the molecule is O=C(COc1c(Br)cc(/C=N/NC(=O)c2ccc(Br)cc2)cc1Br)Nc1ccccc1. The molecule has 2 amide bonds. The Morgan fingerprint density at radius 2 is 1.58 bits per heavy atom. The maximum absolute atomic E-state index is 12.1. The summed E-state index contributed by atoms with van der Waals surface area (Å²) in [5.74, 6) is -0.100. The summed E-state index contributed by atoms with van der Waals surface area (Å²) in [6.07, 6.45) is 1.51. The van der Waals surface area contributed by atoms with Gasteiger partial charge in [0.2, 0.25) is 0 Å². The van der Waals surface area contributed by atoms with Crippen molar-refractivity contribution in [2.75, 3.05) is 11.9 Å². The van der Waals surface area contributed by atoms with Crippen LogP contribution in [0.3, 0.4) is 0 Å². The number of anilines is 1. The van der Waals surface area contributed by atoms with Crippen LogP contribution < -0.4 is 15.5 Å². The van der Waals surface area contributed by atoms with Crippen molar-refractivity contribution >= 4 is 71.5 Å². The Morgan fingerprint density at radius 3 is 2.23 bits per heavy atom. The molecule has 6 nitrogen and oxygen atoms in total. The van der Waals surface area contributed by atoms with E-state index in [-0.39, 0.29) is 18.4 Å². The van der Waals surface area contributed by atoms with Crippen molar-refractivity contribution in [3.63, 3.8) is 0 Å². The highest BCUT2D eigenvalue weighted by Gasteiger charge is 2.11. The number of carbonyl (C=O) groups excluding carboxylic acids is 2. The zero-order chi connectivity index (χ0) is 22.2. The van der Waals surface area contributed by atoms with E-state index in [1.54, 1.807) is 48.5 Å². The lowest BCUT2D eigenvalue weighted by molar-refractivity contribution is -0.118. The van der Waals surface area contributed by atoms with Gasteiger partial charge in [-0.3, -0.25) is 9.59 Å². The molecule has 0 atom stereocenters. The van der Waals surface area contributed by atoms with Gasteiger partial charge < -0.3 is 10.1 Å². The van der Waals surface area contributed by atoms with Gasteiger partial charge in [0.05, 0.1) is 15.2 Å². The molecule has 0 unspecified atom stereocenters. The van der Waals surface area contributed by atoms with E-state index < -0.39 is 0 Å². The van der Waals surface area contributed by atoms with Gasteiger partial charge >= 0.3 is 0 Å². The largest absolute Gasteiger partial charge is 0.481 e. The number of ether oxygens (including phenoxy) is 1. The Hall–Kier alpha value is -2.49. The second-order valence-corrected chi connectivity index (χ2v) is 8.85. The molecule has 9 heteroatoms. The van der Waals surface area contributed by atoms with E-state index in [1.807, 2.05) is 18.2 Å². The molecule has 0 saturated carbocycles. The van der Waals surface area contributed by atoms with Crippen LogP contribution in [0.15, 0.2) is 85.2 Å². The molecule has 0 radical (unpaired) electrons. The van der Waals surface area contributed by atoms with Crippen LogP contribution in [0, 0.1) is 0 Å². The number of carbonyl (C=O) groups is 2. The molecular formula is C22H16Br3N3O3. The van der Waals surface area contributed by atoms with Gasteiger partial charge in [-0.1, -0.05) is 34.1 Å². The smallest absolute Gasteiger partial charge is 0.271 e. The number of nitrogens with zero attached hydrogens (tertiary/aromatic N) is 1. The van der Waals surface area contributed by atoms with Gasteiger partial charge in [-0.25, -0.2) is 5.43 Å². The van der Waals surface area contributed by atoms with Crippen LogP contribution in [0.1, 0.15) is 15.9 Å².